The lowest BCUT2D eigenvalue weighted by atomic mass is 10.1. The minimum atomic E-state index is -0.530. The first-order valence-corrected chi connectivity index (χ1v) is 8.60. The van der Waals surface area contributed by atoms with Gasteiger partial charge in [-0.05, 0) is 18.4 Å². The second-order valence-electron chi connectivity index (χ2n) is 5.58. The Bertz CT molecular complexity index is 973. The monoisotopic (exact) mass is 356 g/mol. The number of esters is 1. The highest BCUT2D eigenvalue weighted by Gasteiger charge is 2.11. The van der Waals surface area contributed by atoms with Crippen LogP contribution < -0.4 is 5.56 Å². The second-order valence-corrected chi connectivity index (χ2v) is 6.48. The van der Waals surface area contributed by atoms with Crippen LogP contribution in [0.15, 0.2) is 46.8 Å². The van der Waals surface area contributed by atoms with E-state index < -0.39 is 5.97 Å². The lowest BCUT2D eigenvalue weighted by Gasteiger charge is -2.06. The Balaban J connectivity index is 1.54. The first-order chi connectivity index (χ1) is 12.0. The molecule has 0 atom stereocenters. The van der Waals surface area contributed by atoms with Gasteiger partial charge in [0.15, 0.2) is 12.4 Å². The smallest absolute Gasteiger partial charge is 0.308 e. The Morgan fingerprint density at radius 3 is 2.72 bits per heavy atom. The SMILES string of the molecule is Cc1ccc(C(=O)COC(=O)CCn2cnc3sccc3c2=O)cc1. The van der Waals surface area contributed by atoms with Crippen LogP contribution >= 0.6 is 11.3 Å². The van der Waals surface area contributed by atoms with Crippen LogP contribution in [0.1, 0.15) is 22.3 Å². The van der Waals surface area contributed by atoms with E-state index in [1.165, 1.54) is 22.2 Å². The van der Waals surface area contributed by atoms with Gasteiger partial charge in [-0.25, -0.2) is 4.98 Å². The molecule has 0 bridgehead atoms. The molecule has 0 saturated carbocycles. The number of rotatable bonds is 6. The molecule has 0 aliphatic carbocycles. The number of ether oxygens (including phenoxy) is 1. The Morgan fingerprint density at radius 1 is 1.20 bits per heavy atom. The van der Waals surface area contributed by atoms with E-state index in [2.05, 4.69) is 4.98 Å². The number of hydrogen-bond donors (Lipinski definition) is 0. The molecule has 25 heavy (non-hydrogen) atoms. The number of benzene rings is 1. The van der Waals surface area contributed by atoms with Gasteiger partial charge in [0.2, 0.25) is 0 Å². The molecule has 0 N–H and O–H groups in total. The van der Waals surface area contributed by atoms with Gasteiger partial charge in [0, 0.05) is 12.1 Å². The molecule has 128 valence electrons. The van der Waals surface area contributed by atoms with Crippen LogP contribution in [0.5, 0.6) is 0 Å². The molecule has 6 nitrogen and oxygen atoms in total. The first-order valence-electron chi connectivity index (χ1n) is 7.73. The largest absolute Gasteiger partial charge is 0.457 e. The fourth-order valence-electron chi connectivity index (χ4n) is 2.31. The van der Waals surface area contributed by atoms with Crippen LogP contribution in [0.25, 0.3) is 10.2 Å². The van der Waals surface area contributed by atoms with Crippen molar-refractivity contribution in [2.75, 3.05) is 6.61 Å². The topological polar surface area (TPSA) is 78.3 Å². The van der Waals surface area contributed by atoms with Crippen LogP contribution in [-0.4, -0.2) is 27.9 Å². The number of carbonyl (C=O) groups is 2. The number of thiophene rings is 1. The molecule has 2 aromatic heterocycles. The van der Waals surface area contributed by atoms with E-state index in [-0.39, 0.29) is 30.9 Å². The molecule has 0 aliphatic rings. The van der Waals surface area contributed by atoms with E-state index >= 15 is 0 Å². The fourth-order valence-corrected chi connectivity index (χ4v) is 3.03. The summed E-state index contributed by atoms with van der Waals surface area (Å²) in [4.78, 5) is 40.8. The van der Waals surface area contributed by atoms with E-state index in [1.54, 1.807) is 23.6 Å². The molecular weight excluding hydrogens is 340 g/mol. The van der Waals surface area contributed by atoms with Gasteiger partial charge >= 0.3 is 5.97 Å². The molecule has 0 radical (unpaired) electrons. The Kier molecular flexibility index (Phi) is 5.04. The van der Waals surface area contributed by atoms with Gasteiger partial charge < -0.3 is 4.74 Å². The summed E-state index contributed by atoms with van der Waals surface area (Å²) < 4.78 is 6.37. The van der Waals surface area contributed by atoms with Crippen LogP contribution in [0, 0.1) is 6.92 Å². The van der Waals surface area contributed by atoms with Gasteiger partial charge in [0.25, 0.3) is 5.56 Å². The molecule has 1 aromatic carbocycles. The highest BCUT2D eigenvalue weighted by Crippen LogP contribution is 2.13. The molecule has 0 unspecified atom stereocenters. The molecule has 0 saturated heterocycles. The Labute approximate surface area is 147 Å². The van der Waals surface area contributed by atoms with Crippen molar-refractivity contribution in [1.29, 1.82) is 0 Å². The maximum Gasteiger partial charge on any atom is 0.308 e. The average Bonchev–Trinajstić information content (AvgIpc) is 3.09. The molecule has 3 rings (SSSR count). The zero-order chi connectivity index (χ0) is 17.8. The van der Waals surface area contributed by atoms with Gasteiger partial charge in [-0.2, -0.15) is 0 Å². The number of hydrogen-bond acceptors (Lipinski definition) is 6. The highest BCUT2D eigenvalue weighted by molar-refractivity contribution is 7.16. The standard InChI is InChI=1S/C18H16N2O4S/c1-12-2-4-13(5-3-12)15(21)10-24-16(22)6-8-20-11-19-17-14(18(20)23)7-9-25-17/h2-5,7,9,11H,6,8,10H2,1H3. The van der Waals surface area contributed by atoms with Crippen molar-refractivity contribution in [3.8, 4) is 0 Å². The van der Waals surface area contributed by atoms with Crippen LogP contribution in [0.2, 0.25) is 0 Å². The summed E-state index contributed by atoms with van der Waals surface area (Å²) in [5.41, 5.74) is 1.37. The van der Waals surface area contributed by atoms with E-state index in [1.807, 2.05) is 19.1 Å². The molecule has 3 aromatic rings. The Morgan fingerprint density at radius 2 is 1.96 bits per heavy atom. The molecule has 2 heterocycles. The maximum atomic E-state index is 12.2. The lowest BCUT2D eigenvalue weighted by Crippen LogP contribution is -2.22. The third kappa shape index (κ3) is 4.00. The first kappa shape index (κ1) is 17.0. The van der Waals surface area contributed by atoms with Crippen LogP contribution in [0.4, 0.5) is 0 Å². The lowest BCUT2D eigenvalue weighted by molar-refractivity contribution is -0.142. The summed E-state index contributed by atoms with van der Waals surface area (Å²) in [7, 11) is 0. The van der Waals surface area contributed by atoms with Crippen molar-refractivity contribution >= 4 is 33.3 Å². The summed E-state index contributed by atoms with van der Waals surface area (Å²) in [5.74, 6) is -0.787. The minimum Gasteiger partial charge on any atom is -0.457 e. The van der Waals surface area contributed by atoms with Crippen molar-refractivity contribution in [2.45, 2.75) is 19.9 Å². The molecule has 0 aliphatic heterocycles. The van der Waals surface area contributed by atoms with Crippen molar-refractivity contribution in [3.05, 3.63) is 63.5 Å². The fraction of sp³-hybridized carbons (Fsp3) is 0.222. The third-order valence-electron chi connectivity index (χ3n) is 3.75. The number of aryl methyl sites for hydroxylation is 2. The van der Waals surface area contributed by atoms with Crippen molar-refractivity contribution < 1.29 is 14.3 Å². The number of nitrogens with zero attached hydrogens (tertiary/aromatic N) is 2. The van der Waals surface area contributed by atoms with Gasteiger partial charge in [-0.3, -0.25) is 19.0 Å². The quantitative estimate of drug-likeness (QED) is 0.501. The summed E-state index contributed by atoms with van der Waals surface area (Å²) in [5, 5.41) is 2.34. The maximum absolute atomic E-state index is 12.2. The zero-order valence-corrected chi connectivity index (χ0v) is 14.4. The predicted molar refractivity (Wildman–Crippen MR) is 95.0 cm³/mol. The van der Waals surface area contributed by atoms with Crippen molar-refractivity contribution in [2.24, 2.45) is 0 Å². The normalized spacial score (nSPS) is 10.8. The molecule has 0 fully saturated rings. The average molecular weight is 356 g/mol. The van der Waals surface area contributed by atoms with E-state index in [9.17, 15) is 14.4 Å². The molecule has 7 heteroatoms. The predicted octanol–water partition coefficient (Wildman–Crippen LogP) is 2.58. The molecular formula is C18H16N2O4S. The summed E-state index contributed by atoms with van der Waals surface area (Å²) >= 11 is 1.39. The minimum absolute atomic E-state index is 0.00158. The van der Waals surface area contributed by atoms with Gasteiger partial charge in [-0.15, -0.1) is 11.3 Å². The summed E-state index contributed by atoms with van der Waals surface area (Å²) in [6, 6.07) is 8.77. The number of Topliss-reactive ketones (excluding diaryl/α,β-unsaturated/α-hetero) is 1. The highest BCUT2D eigenvalue weighted by atomic mass is 32.1. The number of fused-ring (bicyclic) bond motifs is 1. The van der Waals surface area contributed by atoms with Crippen LogP contribution in [-0.2, 0) is 16.1 Å². The van der Waals surface area contributed by atoms with Gasteiger partial charge in [-0.1, -0.05) is 29.8 Å². The van der Waals surface area contributed by atoms with Crippen molar-refractivity contribution in [1.82, 2.24) is 9.55 Å². The molecule has 0 spiro atoms. The molecule has 0 amide bonds. The van der Waals surface area contributed by atoms with E-state index in [4.69, 9.17) is 4.74 Å². The second kappa shape index (κ2) is 7.40. The van der Waals surface area contributed by atoms with Gasteiger partial charge in [0.1, 0.15) is 4.83 Å². The third-order valence-corrected chi connectivity index (χ3v) is 4.57. The van der Waals surface area contributed by atoms with E-state index in [0.29, 0.717) is 15.8 Å². The zero-order valence-electron chi connectivity index (χ0n) is 13.6. The number of aromatic nitrogens is 2. The van der Waals surface area contributed by atoms with Gasteiger partial charge in [0.05, 0.1) is 18.1 Å². The van der Waals surface area contributed by atoms with Crippen molar-refractivity contribution in [3.63, 3.8) is 0 Å². The summed E-state index contributed by atoms with van der Waals surface area (Å²) in [6.45, 7) is 1.78. The Hall–Kier alpha value is -2.80. The summed E-state index contributed by atoms with van der Waals surface area (Å²) in [6.07, 6.45) is 1.42. The number of ketones is 1. The number of carbonyl (C=O) groups excluding carboxylic acids is 2. The van der Waals surface area contributed by atoms with Crippen LogP contribution in [0.3, 0.4) is 0 Å². The van der Waals surface area contributed by atoms with E-state index in [0.717, 1.165) is 5.56 Å².